The van der Waals surface area contributed by atoms with E-state index < -0.39 is 5.92 Å². The first-order valence-corrected chi connectivity index (χ1v) is 10.7. The van der Waals surface area contributed by atoms with Gasteiger partial charge in [-0.25, -0.2) is 0 Å². The van der Waals surface area contributed by atoms with E-state index in [4.69, 9.17) is 4.74 Å². The lowest BCUT2D eigenvalue weighted by Crippen LogP contribution is -2.41. The Morgan fingerprint density at radius 2 is 1.77 bits per heavy atom. The normalized spacial score (nSPS) is 18.9. The Labute approximate surface area is 182 Å². The van der Waals surface area contributed by atoms with Gasteiger partial charge < -0.3 is 19.9 Å². The van der Waals surface area contributed by atoms with Crippen molar-refractivity contribution < 1.29 is 19.1 Å². The van der Waals surface area contributed by atoms with Crippen molar-refractivity contribution in [2.24, 2.45) is 5.92 Å². The number of para-hydroxylation sites is 1. The molecule has 2 aromatic carbocycles. The zero-order valence-corrected chi connectivity index (χ0v) is 17.7. The van der Waals surface area contributed by atoms with E-state index in [9.17, 15) is 14.4 Å². The summed E-state index contributed by atoms with van der Waals surface area (Å²) in [6.07, 6.45) is 1.09. The Kier molecular flexibility index (Phi) is 6.32. The molecule has 31 heavy (non-hydrogen) atoms. The highest BCUT2D eigenvalue weighted by atomic mass is 16.5. The molecule has 3 amide bonds. The molecule has 1 unspecified atom stereocenters. The van der Waals surface area contributed by atoms with Crippen LogP contribution in [-0.2, 0) is 20.7 Å². The van der Waals surface area contributed by atoms with Crippen molar-refractivity contribution in [3.05, 3.63) is 59.7 Å². The molecular formula is C24H27N3O4. The smallest absolute Gasteiger partial charge is 0.256 e. The van der Waals surface area contributed by atoms with Crippen LogP contribution >= 0.6 is 0 Å². The molecule has 2 saturated heterocycles. The second-order valence-electron chi connectivity index (χ2n) is 7.86. The topological polar surface area (TPSA) is 79.0 Å². The number of anilines is 2. The zero-order chi connectivity index (χ0) is 21.8. The van der Waals surface area contributed by atoms with Crippen LogP contribution in [0.25, 0.3) is 0 Å². The number of hydrogen-bond donors (Lipinski definition) is 1. The summed E-state index contributed by atoms with van der Waals surface area (Å²) in [5.41, 5.74) is 2.93. The van der Waals surface area contributed by atoms with Crippen LogP contribution in [0.1, 0.15) is 29.3 Å². The molecule has 2 fully saturated rings. The standard InChI is InChI=1S/C24H27N3O4/c1-2-17-7-9-19(10-8-17)27-16-18(15-22(27)28)23(29)25-21-6-4-3-5-20(21)24(30)26-11-13-31-14-12-26/h3-10,18H,2,11-16H2,1H3,(H,25,29). The maximum atomic E-state index is 13.0. The number of nitrogens with zero attached hydrogens (tertiary/aromatic N) is 2. The van der Waals surface area contributed by atoms with Crippen LogP contribution < -0.4 is 10.2 Å². The average Bonchev–Trinajstić information content (AvgIpc) is 3.21. The number of rotatable bonds is 5. The van der Waals surface area contributed by atoms with E-state index in [1.807, 2.05) is 24.3 Å². The third-order valence-electron chi connectivity index (χ3n) is 5.87. The van der Waals surface area contributed by atoms with Gasteiger partial charge in [-0.15, -0.1) is 0 Å². The summed E-state index contributed by atoms with van der Waals surface area (Å²) in [5, 5.41) is 2.89. The van der Waals surface area contributed by atoms with Gasteiger partial charge in [0.2, 0.25) is 11.8 Å². The van der Waals surface area contributed by atoms with Crippen molar-refractivity contribution in [2.45, 2.75) is 19.8 Å². The van der Waals surface area contributed by atoms with E-state index in [0.29, 0.717) is 44.1 Å². The SMILES string of the molecule is CCc1ccc(N2CC(C(=O)Nc3ccccc3C(=O)N3CCOCC3)CC2=O)cc1. The van der Waals surface area contributed by atoms with Gasteiger partial charge in [0.15, 0.2) is 0 Å². The van der Waals surface area contributed by atoms with Gasteiger partial charge in [-0.2, -0.15) is 0 Å². The summed E-state index contributed by atoms with van der Waals surface area (Å²) in [6, 6.07) is 14.9. The quantitative estimate of drug-likeness (QED) is 0.805. The number of aryl methyl sites for hydroxylation is 1. The number of hydrogen-bond acceptors (Lipinski definition) is 4. The largest absolute Gasteiger partial charge is 0.378 e. The number of amides is 3. The van der Waals surface area contributed by atoms with Crippen molar-refractivity contribution >= 4 is 29.1 Å². The first kappa shape index (κ1) is 21.1. The van der Waals surface area contributed by atoms with Crippen molar-refractivity contribution in [3.8, 4) is 0 Å². The predicted octanol–water partition coefficient (Wildman–Crippen LogP) is 2.71. The van der Waals surface area contributed by atoms with Gasteiger partial charge in [-0.1, -0.05) is 31.2 Å². The summed E-state index contributed by atoms with van der Waals surface area (Å²) < 4.78 is 5.32. The molecule has 0 radical (unpaired) electrons. The molecule has 4 rings (SSSR count). The van der Waals surface area contributed by atoms with E-state index in [0.717, 1.165) is 12.1 Å². The minimum Gasteiger partial charge on any atom is -0.378 e. The van der Waals surface area contributed by atoms with Gasteiger partial charge in [0.25, 0.3) is 5.91 Å². The Morgan fingerprint density at radius 3 is 2.48 bits per heavy atom. The van der Waals surface area contributed by atoms with Crippen LogP contribution in [0.5, 0.6) is 0 Å². The third-order valence-corrected chi connectivity index (χ3v) is 5.87. The first-order valence-electron chi connectivity index (χ1n) is 10.7. The number of nitrogens with one attached hydrogen (secondary N) is 1. The molecule has 2 aliphatic rings. The van der Waals surface area contributed by atoms with E-state index in [2.05, 4.69) is 12.2 Å². The number of carbonyl (C=O) groups is 3. The Hall–Kier alpha value is -3.19. The number of carbonyl (C=O) groups excluding carboxylic acids is 3. The summed E-state index contributed by atoms with van der Waals surface area (Å²) in [4.78, 5) is 41.8. The van der Waals surface area contributed by atoms with Gasteiger partial charge in [-0.3, -0.25) is 14.4 Å². The molecule has 2 aliphatic heterocycles. The maximum absolute atomic E-state index is 13.0. The van der Waals surface area contributed by atoms with Crippen molar-refractivity contribution in [1.82, 2.24) is 4.90 Å². The third kappa shape index (κ3) is 4.61. The molecule has 162 valence electrons. The monoisotopic (exact) mass is 421 g/mol. The Bertz CT molecular complexity index is 967. The summed E-state index contributed by atoms with van der Waals surface area (Å²) in [6.45, 7) is 4.50. The average molecular weight is 421 g/mol. The van der Waals surface area contributed by atoms with Gasteiger partial charge in [0.1, 0.15) is 0 Å². The van der Waals surface area contributed by atoms with Crippen LogP contribution in [0.3, 0.4) is 0 Å². The van der Waals surface area contributed by atoms with Crippen LogP contribution in [-0.4, -0.2) is 55.5 Å². The highest BCUT2D eigenvalue weighted by molar-refractivity contribution is 6.07. The molecule has 0 bridgehead atoms. The molecule has 0 aliphatic carbocycles. The number of morpholine rings is 1. The Balaban J connectivity index is 1.45. The minimum absolute atomic E-state index is 0.0675. The highest BCUT2D eigenvalue weighted by Gasteiger charge is 2.35. The fourth-order valence-electron chi connectivity index (χ4n) is 3.99. The lowest BCUT2D eigenvalue weighted by Gasteiger charge is -2.27. The van der Waals surface area contributed by atoms with Gasteiger partial charge in [0, 0.05) is 31.7 Å². The summed E-state index contributed by atoms with van der Waals surface area (Å²) in [5.74, 6) is -0.908. The Morgan fingerprint density at radius 1 is 1.06 bits per heavy atom. The molecule has 0 aromatic heterocycles. The molecule has 2 heterocycles. The first-order chi connectivity index (χ1) is 15.1. The molecule has 1 N–H and O–H groups in total. The number of benzene rings is 2. The lowest BCUT2D eigenvalue weighted by molar-refractivity contribution is -0.122. The zero-order valence-electron chi connectivity index (χ0n) is 17.7. The maximum Gasteiger partial charge on any atom is 0.256 e. The summed E-state index contributed by atoms with van der Waals surface area (Å²) in [7, 11) is 0. The molecule has 0 saturated carbocycles. The highest BCUT2D eigenvalue weighted by Crippen LogP contribution is 2.27. The van der Waals surface area contributed by atoms with Crippen LogP contribution in [0.2, 0.25) is 0 Å². The lowest BCUT2D eigenvalue weighted by atomic mass is 10.1. The minimum atomic E-state index is -0.468. The summed E-state index contributed by atoms with van der Waals surface area (Å²) >= 11 is 0. The van der Waals surface area contributed by atoms with Crippen molar-refractivity contribution in [2.75, 3.05) is 43.1 Å². The van der Waals surface area contributed by atoms with E-state index in [-0.39, 0.29) is 24.1 Å². The van der Waals surface area contributed by atoms with Gasteiger partial charge in [-0.05, 0) is 36.2 Å². The van der Waals surface area contributed by atoms with Crippen LogP contribution in [0.15, 0.2) is 48.5 Å². The molecule has 7 nitrogen and oxygen atoms in total. The number of ether oxygens (including phenoxy) is 1. The molecular weight excluding hydrogens is 394 g/mol. The van der Waals surface area contributed by atoms with Crippen molar-refractivity contribution in [3.63, 3.8) is 0 Å². The van der Waals surface area contributed by atoms with Gasteiger partial charge in [0.05, 0.1) is 30.4 Å². The van der Waals surface area contributed by atoms with E-state index >= 15 is 0 Å². The molecule has 2 aromatic rings. The molecule has 1 atom stereocenters. The van der Waals surface area contributed by atoms with Crippen LogP contribution in [0.4, 0.5) is 11.4 Å². The molecule has 0 spiro atoms. The van der Waals surface area contributed by atoms with Crippen LogP contribution in [0, 0.1) is 5.92 Å². The van der Waals surface area contributed by atoms with Crippen molar-refractivity contribution in [1.29, 1.82) is 0 Å². The van der Waals surface area contributed by atoms with E-state index in [1.165, 1.54) is 5.56 Å². The second-order valence-corrected chi connectivity index (χ2v) is 7.86. The second kappa shape index (κ2) is 9.31. The van der Waals surface area contributed by atoms with E-state index in [1.54, 1.807) is 34.1 Å². The fourth-order valence-corrected chi connectivity index (χ4v) is 3.99. The molecule has 7 heteroatoms. The van der Waals surface area contributed by atoms with Gasteiger partial charge >= 0.3 is 0 Å². The predicted molar refractivity (Wildman–Crippen MR) is 118 cm³/mol. The fraction of sp³-hybridized carbons (Fsp3) is 0.375.